The summed E-state index contributed by atoms with van der Waals surface area (Å²) in [5.74, 6) is -0.243. The predicted molar refractivity (Wildman–Crippen MR) is 153 cm³/mol. The summed E-state index contributed by atoms with van der Waals surface area (Å²) in [4.78, 5) is 13.2. The van der Waals surface area contributed by atoms with Crippen LogP contribution in [0.5, 0.6) is 11.6 Å². The lowest BCUT2D eigenvalue weighted by Gasteiger charge is -2.26. The monoisotopic (exact) mass is 582 g/mol. The Morgan fingerprint density at radius 1 is 1.02 bits per heavy atom. The lowest BCUT2D eigenvalue weighted by atomic mass is 9.92. The Hall–Kier alpha value is -3.80. The van der Waals surface area contributed by atoms with Crippen LogP contribution in [-0.4, -0.2) is 35.5 Å². The molecule has 0 bridgehead atoms. The van der Waals surface area contributed by atoms with Crippen molar-refractivity contribution in [1.82, 2.24) is 15.0 Å². The summed E-state index contributed by atoms with van der Waals surface area (Å²) in [5, 5.41) is 3.43. The molecule has 0 radical (unpaired) electrons. The Kier molecular flexibility index (Phi) is 8.15. The van der Waals surface area contributed by atoms with Crippen LogP contribution in [0.1, 0.15) is 31.2 Å². The second kappa shape index (κ2) is 11.7. The predicted octanol–water partition coefficient (Wildman–Crippen LogP) is 5.91. The van der Waals surface area contributed by atoms with Crippen LogP contribution in [0.25, 0.3) is 11.3 Å². The van der Waals surface area contributed by atoms with Gasteiger partial charge in [-0.3, -0.25) is 4.72 Å². The van der Waals surface area contributed by atoms with Gasteiger partial charge in [0.15, 0.2) is 11.6 Å². The number of hydrogen-bond acceptors (Lipinski definition) is 8. The molecule has 5 rings (SSSR count). The number of hydrogen-bond donors (Lipinski definition) is 3. The van der Waals surface area contributed by atoms with E-state index in [1.807, 2.05) is 0 Å². The average molecular weight is 583 g/mol. The standard InChI is InChI=1S/C28H28ClFN6O3S/c1-17-15-20(36-40(37,38)25-7-3-2-6-22(25)29)16-23(30)26(17)39-27-21(5-4-13-32-27)24-12-14-33-28(35-24)34-19-10-8-18(31)9-11-19/h2-7,12-16,18-19,36H,8-11,31H2,1H3,(H,33,34,35). The fourth-order valence-corrected chi connectivity index (χ4v) is 6.14. The van der Waals surface area contributed by atoms with Gasteiger partial charge in [-0.1, -0.05) is 23.7 Å². The minimum atomic E-state index is -4.04. The Labute approximate surface area is 237 Å². The number of aromatic nitrogens is 3. The summed E-state index contributed by atoms with van der Waals surface area (Å²) in [6.45, 7) is 1.61. The molecule has 40 heavy (non-hydrogen) atoms. The smallest absolute Gasteiger partial charge is 0.263 e. The number of nitrogens with zero attached hydrogens (tertiary/aromatic N) is 3. The van der Waals surface area contributed by atoms with Crippen molar-refractivity contribution in [3.05, 3.63) is 83.4 Å². The van der Waals surface area contributed by atoms with Gasteiger partial charge in [-0.05, 0) is 74.6 Å². The van der Waals surface area contributed by atoms with E-state index in [0.717, 1.165) is 31.7 Å². The number of halogens is 2. The van der Waals surface area contributed by atoms with Crippen molar-refractivity contribution in [3.63, 3.8) is 0 Å². The van der Waals surface area contributed by atoms with E-state index in [2.05, 4.69) is 25.0 Å². The summed E-state index contributed by atoms with van der Waals surface area (Å²) in [6.07, 6.45) is 6.95. The van der Waals surface area contributed by atoms with E-state index in [1.165, 1.54) is 24.4 Å². The molecule has 0 aliphatic heterocycles. The van der Waals surface area contributed by atoms with Crippen molar-refractivity contribution >= 4 is 33.3 Å². The molecule has 2 aromatic carbocycles. The highest BCUT2D eigenvalue weighted by Crippen LogP contribution is 2.35. The molecule has 2 heterocycles. The third-order valence-corrected chi connectivity index (χ3v) is 8.50. The maximum Gasteiger partial charge on any atom is 0.263 e. The van der Waals surface area contributed by atoms with E-state index in [-0.39, 0.29) is 39.3 Å². The molecule has 1 aliphatic carbocycles. The normalized spacial score (nSPS) is 17.3. The van der Waals surface area contributed by atoms with Gasteiger partial charge in [0.1, 0.15) is 4.90 Å². The molecular weight excluding hydrogens is 555 g/mol. The van der Waals surface area contributed by atoms with Gasteiger partial charge in [0.25, 0.3) is 10.0 Å². The van der Waals surface area contributed by atoms with E-state index in [0.29, 0.717) is 22.8 Å². The zero-order valence-electron chi connectivity index (χ0n) is 21.6. The fraction of sp³-hybridized carbons (Fsp3) is 0.250. The number of nitrogens with one attached hydrogen (secondary N) is 2. The molecule has 208 valence electrons. The molecule has 9 nitrogen and oxygen atoms in total. The van der Waals surface area contributed by atoms with Crippen molar-refractivity contribution in [3.8, 4) is 22.9 Å². The third kappa shape index (κ3) is 6.33. The molecule has 12 heteroatoms. The van der Waals surface area contributed by atoms with Gasteiger partial charge in [-0.25, -0.2) is 27.8 Å². The average Bonchev–Trinajstić information content (AvgIpc) is 2.92. The van der Waals surface area contributed by atoms with Crippen molar-refractivity contribution in [2.45, 2.75) is 49.6 Å². The first-order chi connectivity index (χ1) is 19.2. The number of pyridine rings is 1. The maximum absolute atomic E-state index is 15.3. The molecule has 0 atom stereocenters. The molecular formula is C28H28ClFN6O3S. The molecule has 4 aromatic rings. The van der Waals surface area contributed by atoms with E-state index in [4.69, 9.17) is 22.1 Å². The largest absolute Gasteiger partial charge is 0.435 e. The molecule has 2 aromatic heterocycles. The van der Waals surface area contributed by atoms with Gasteiger partial charge in [0, 0.05) is 30.5 Å². The van der Waals surface area contributed by atoms with Crippen molar-refractivity contribution in [1.29, 1.82) is 0 Å². The lowest BCUT2D eigenvalue weighted by Crippen LogP contribution is -2.33. The van der Waals surface area contributed by atoms with Crippen molar-refractivity contribution in [2.24, 2.45) is 5.73 Å². The molecule has 4 N–H and O–H groups in total. The Bertz CT molecular complexity index is 1610. The second-order valence-electron chi connectivity index (χ2n) is 9.62. The van der Waals surface area contributed by atoms with Crippen LogP contribution in [0.15, 0.2) is 71.9 Å². The van der Waals surface area contributed by atoms with Crippen molar-refractivity contribution in [2.75, 3.05) is 10.0 Å². The zero-order valence-corrected chi connectivity index (χ0v) is 23.2. The molecule has 1 fully saturated rings. The van der Waals surface area contributed by atoms with Gasteiger partial charge in [-0.2, -0.15) is 0 Å². The molecule has 1 saturated carbocycles. The molecule has 0 saturated heterocycles. The highest BCUT2D eigenvalue weighted by atomic mass is 35.5. The Morgan fingerprint density at radius 2 is 1.80 bits per heavy atom. The number of aryl methyl sites for hydroxylation is 1. The fourth-order valence-electron chi connectivity index (χ4n) is 4.58. The summed E-state index contributed by atoms with van der Waals surface area (Å²) < 4.78 is 49.2. The number of benzene rings is 2. The molecule has 1 aliphatic rings. The van der Waals surface area contributed by atoms with Gasteiger partial charge < -0.3 is 15.8 Å². The van der Waals surface area contributed by atoms with Gasteiger partial charge >= 0.3 is 0 Å². The van der Waals surface area contributed by atoms with Crippen LogP contribution >= 0.6 is 11.6 Å². The molecule has 0 amide bonds. The second-order valence-corrected chi connectivity index (χ2v) is 11.7. The van der Waals surface area contributed by atoms with Crippen LogP contribution in [-0.2, 0) is 10.0 Å². The minimum Gasteiger partial charge on any atom is -0.435 e. The van der Waals surface area contributed by atoms with Crippen molar-refractivity contribution < 1.29 is 17.5 Å². The minimum absolute atomic E-state index is 0.0266. The Morgan fingerprint density at radius 3 is 2.55 bits per heavy atom. The first-order valence-corrected chi connectivity index (χ1v) is 14.6. The third-order valence-electron chi connectivity index (χ3n) is 6.61. The van der Waals surface area contributed by atoms with Crippen LogP contribution < -0.4 is 20.5 Å². The summed E-state index contributed by atoms with van der Waals surface area (Å²) >= 11 is 6.04. The highest BCUT2D eigenvalue weighted by molar-refractivity contribution is 7.92. The van der Waals surface area contributed by atoms with Gasteiger partial charge in [0.05, 0.1) is 22.0 Å². The van der Waals surface area contributed by atoms with E-state index in [1.54, 1.807) is 43.5 Å². The number of ether oxygens (including phenoxy) is 1. The number of sulfonamides is 1. The summed E-state index contributed by atoms with van der Waals surface area (Å²) in [6, 6.07) is 14.2. The number of nitrogens with two attached hydrogens (primary N) is 1. The highest BCUT2D eigenvalue weighted by Gasteiger charge is 2.22. The van der Waals surface area contributed by atoms with Gasteiger partial charge in [0.2, 0.25) is 11.8 Å². The quantitative estimate of drug-likeness (QED) is 0.233. The van der Waals surface area contributed by atoms with Gasteiger partial charge in [-0.15, -0.1) is 0 Å². The van der Waals surface area contributed by atoms with E-state index in [9.17, 15) is 8.42 Å². The van der Waals surface area contributed by atoms with E-state index < -0.39 is 15.8 Å². The maximum atomic E-state index is 15.3. The lowest BCUT2D eigenvalue weighted by molar-refractivity contribution is 0.410. The number of anilines is 2. The topological polar surface area (TPSA) is 132 Å². The van der Waals surface area contributed by atoms with E-state index >= 15 is 4.39 Å². The number of rotatable bonds is 8. The molecule has 0 spiro atoms. The summed E-state index contributed by atoms with van der Waals surface area (Å²) in [7, 11) is -4.04. The Balaban J connectivity index is 1.37. The zero-order chi connectivity index (χ0) is 28.3. The summed E-state index contributed by atoms with van der Waals surface area (Å²) in [5.41, 5.74) is 7.49. The van der Waals surface area contributed by atoms with Crippen LogP contribution in [0, 0.1) is 12.7 Å². The SMILES string of the molecule is Cc1cc(NS(=O)(=O)c2ccccc2Cl)cc(F)c1Oc1ncccc1-c1ccnc(NC2CCC(N)CC2)n1. The molecule has 0 unspecified atom stereocenters. The van der Waals surface area contributed by atoms with Crippen LogP contribution in [0.2, 0.25) is 5.02 Å². The van der Waals surface area contributed by atoms with Crippen LogP contribution in [0.3, 0.4) is 0 Å². The van der Waals surface area contributed by atoms with Crippen LogP contribution in [0.4, 0.5) is 16.0 Å². The first-order valence-electron chi connectivity index (χ1n) is 12.8. The first kappa shape index (κ1) is 27.8.